The van der Waals surface area contributed by atoms with Crippen LogP contribution in [0.15, 0.2) is 27.5 Å². The lowest BCUT2D eigenvalue weighted by Gasteiger charge is -2.31. The maximum Gasteiger partial charge on any atom is 0.326 e. The van der Waals surface area contributed by atoms with E-state index in [-0.39, 0.29) is 108 Å². The standard InChI is InChI=1S/C40H71N19O8/c41-14-2-1-8-25(55-33(62)27(11-5-17-51-39(44)45)56-32(61)26(10-4-16-50-38(42)43)54-31(60)24-9-3-15-49-24)34(63)57-28(12-6-18-52-40(46)47)36(65)59-19-7-13-30(59)35(64)58-29(37(66)67)20-23-21-48-22-53-23/h21-22,24-30,49H,1-20,41H2,(H,48,53)(H,54,60)(H,55,62)(H,56,61)(H,57,63)(H,58,64)(H,66,67)(H4,42,43,50)(H4,44,45,51)(H4,46,47,52)/t24-,25-,26-,27-,28-,29-,30-/m0/s1. The van der Waals surface area contributed by atoms with Crippen LogP contribution < -0.4 is 72.0 Å². The molecule has 3 rings (SSSR count). The average Bonchev–Trinajstić information content (AvgIpc) is 4.10. The maximum absolute atomic E-state index is 14.4. The summed E-state index contributed by atoms with van der Waals surface area (Å²) in [5, 5.41) is 26.5. The normalized spacial score (nSPS) is 17.7. The number of carbonyl (C=O) groups excluding carboxylic acids is 6. The van der Waals surface area contributed by atoms with Crippen molar-refractivity contribution in [1.82, 2.24) is 46.8 Å². The van der Waals surface area contributed by atoms with E-state index in [0.29, 0.717) is 44.3 Å². The summed E-state index contributed by atoms with van der Waals surface area (Å²) in [7, 11) is 0. The van der Waals surface area contributed by atoms with E-state index in [2.05, 4.69) is 56.8 Å². The fraction of sp³-hybridized carbons (Fsp3) is 0.675. The zero-order valence-electron chi connectivity index (χ0n) is 37.9. The Morgan fingerprint density at radius 1 is 0.672 bits per heavy atom. The Balaban J connectivity index is 1.87. The first-order chi connectivity index (χ1) is 32.0. The highest BCUT2D eigenvalue weighted by Gasteiger charge is 2.40. The lowest BCUT2D eigenvalue weighted by atomic mass is 10.0. The van der Waals surface area contributed by atoms with Crippen LogP contribution in [0.4, 0.5) is 0 Å². The van der Waals surface area contributed by atoms with Gasteiger partial charge in [-0.1, -0.05) is 0 Å². The van der Waals surface area contributed by atoms with Crippen LogP contribution in [-0.2, 0) is 40.0 Å². The van der Waals surface area contributed by atoms with Crippen molar-refractivity contribution in [2.24, 2.45) is 55.1 Å². The van der Waals surface area contributed by atoms with E-state index in [1.807, 2.05) is 0 Å². The third-order valence-corrected chi connectivity index (χ3v) is 11.1. The molecule has 1 aromatic heterocycles. The number of aromatic nitrogens is 2. The van der Waals surface area contributed by atoms with Gasteiger partial charge in [0.25, 0.3) is 0 Å². The summed E-state index contributed by atoms with van der Waals surface area (Å²) in [6, 6.07) is -7.70. The number of likely N-dealkylation sites (tertiary alicyclic amines) is 1. The number of carbonyl (C=O) groups is 7. The van der Waals surface area contributed by atoms with Crippen molar-refractivity contribution in [2.75, 3.05) is 39.3 Å². The Kier molecular flexibility index (Phi) is 23.6. The zero-order chi connectivity index (χ0) is 49.3. The Morgan fingerprint density at radius 2 is 1.18 bits per heavy atom. The van der Waals surface area contributed by atoms with Crippen LogP contribution in [0.3, 0.4) is 0 Å². The number of unbranched alkanes of at least 4 members (excludes halogenated alkanes) is 1. The highest BCUT2D eigenvalue weighted by molar-refractivity contribution is 5.97. The predicted octanol–water partition coefficient (Wildman–Crippen LogP) is -5.51. The van der Waals surface area contributed by atoms with Gasteiger partial charge in [-0.05, 0) is 96.6 Å². The fourth-order valence-corrected chi connectivity index (χ4v) is 7.65. The molecule has 0 aliphatic carbocycles. The molecule has 2 aliphatic heterocycles. The van der Waals surface area contributed by atoms with Gasteiger partial charge in [-0.3, -0.25) is 43.7 Å². The minimum atomic E-state index is -1.33. The van der Waals surface area contributed by atoms with E-state index < -0.39 is 77.8 Å². The van der Waals surface area contributed by atoms with Gasteiger partial charge in [0, 0.05) is 44.5 Å². The smallest absolute Gasteiger partial charge is 0.326 e. The highest BCUT2D eigenvalue weighted by atomic mass is 16.4. The Labute approximate surface area is 388 Å². The number of guanidine groups is 3. The summed E-state index contributed by atoms with van der Waals surface area (Å²) < 4.78 is 0. The quantitative estimate of drug-likeness (QED) is 0.0194. The molecule has 0 radical (unpaired) electrons. The van der Waals surface area contributed by atoms with Crippen LogP contribution in [0.2, 0.25) is 0 Å². The largest absolute Gasteiger partial charge is 0.480 e. The molecule has 0 bridgehead atoms. The van der Waals surface area contributed by atoms with Gasteiger partial charge in [0.1, 0.15) is 36.3 Å². The molecule has 0 unspecified atom stereocenters. The molecule has 7 atom stereocenters. The number of imidazole rings is 1. The number of aliphatic imine (C=N–C) groups is 3. The Morgan fingerprint density at radius 3 is 1.66 bits per heavy atom. The zero-order valence-corrected chi connectivity index (χ0v) is 37.9. The van der Waals surface area contributed by atoms with Gasteiger partial charge in [0.05, 0.1) is 12.4 Å². The molecule has 1 aromatic rings. The lowest BCUT2D eigenvalue weighted by Crippen LogP contribution is -2.59. The van der Waals surface area contributed by atoms with Crippen LogP contribution >= 0.6 is 0 Å². The number of carboxylic acids is 1. The van der Waals surface area contributed by atoms with Crippen LogP contribution in [-0.4, -0.2) is 161 Å². The summed E-state index contributed by atoms with van der Waals surface area (Å²) in [6.07, 6.45) is 6.60. The van der Waals surface area contributed by atoms with Crippen LogP contribution in [0.25, 0.3) is 0 Å². The number of carboxylic acid groups (broad SMARTS) is 1. The number of nitrogens with one attached hydrogen (secondary N) is 7. The van der Waals surface area contributed by atoms with Crippen molar-refractivity contribution in [1.29, 1.82) is 0 Å². The average molecular weight is 946 g/mol. The molecule has 0 saturated carbocycles. The molecule has 0 aromatic carbocycles. The summed E-state index contributed by atoms with van der Waals surface area (Å²) in [5.74, 6) is -5.63. The van der Waals surface area contributed by atoms with Gasteiger partial charge < -0.3 is 87.0 Å². The Bertz CT molecular complexity index is 1860. The SMILES string of the molecule is NCCCC[C@H](NC(=O)[C@H](CCCN=C(N)N)NC(=O)[C@H](CCCN=C(N)N)NC(=O)[C@@H]1CCCN1)C(=O)N[C@@H](CCCN=C(N)N)C(=O)N1CCC[C@H]1C(=O)N[C@@H](Cc1cnc[nH]1)C(=O)O. The van der Waals surface area contributed by atoms with Gasteiger partial charge in [0.15, 0.2) is 17.9 Å². The number of rotatable bonds is 30. The fourth-order valence-electron chi connectivity index (χ4n) is 7.65. The molecule has 67 heavy (non-hydrogen) atoms. The van der Waals surface area contributed by atoms with Gasteiger partial charge in [-0.2, -0.15) is 0 Å². The van der Waals surface area contributed by atoms with E-state index in [9.17, 15) is 38.7 Å². The van der Waals surface area contributed by atoms with Gasteiger partial charge >= 0.3 is 5.97 Å². The third kappa shape index (κ3) is 19.7. The topological polar surface area (TPSA) is 463 Å². The molecular weight excluding hydrogens is 875 g/mol. The highest BCUT2D eigenvalue weighted by Crippen LogP contribution is 2.21. The first-order valence-electron chi connectivity index (χ1n) is 22.6. The summed E-state index contributed by atoms with van der Waals surface area (Å²) in [6.45, 7) is 1.45. The van der Waals surface area contributed by atoms with Gasteiger partial charge in [-0.25, -0.2) is 9.78 Å². The van der Waals surface area contributed by atoms with E-state index in [1.165, 1.54) is 17.4 Å². The number of aliphatic carboxylic acids is 1. The van der Waals surface area contributed by atoms with E-state index >= 15 is 0 Å². The molecular formula is C40H71N19O8. The second-order valence-electron chi connectivity index (χ2n) is 16.4. The summed E-state index contributed by atoms with van der Waals surface area (Å²) >= 11 is 0. The molecule has 27 heteroatoms. The number of hydrogen-bond acceptors (Lipinski definition) is 13. The molecule has 6 amide bonds. The van der Waals surface area contributed by atoms with Crippen LogP contribution in [0, 0.1) is 0 Å². The number of hydrogen-bond donors (Lipinski definition) is 15. The number of H-pyrrole nitrogens is 1. The molecule has 2 aliphatic rings. The Hall–Kier alpha value is -6.77. The van der Waals surface area contributed by atoms with Gasteiger partial charge in [-0.15, -0.1) is 0 Å². The van der Waals surface area contributed by atoms with Crippen molar-refractivity contribution in [3.05, 3.63) is 18.2 Å². The van der Waals surface area contributed by atoms with Crippen LogP contribution in [0.1, 0.15) is 89.2 Å². The number of aromatic amines is 1. The summed E-state index contributed by atoms with van der Waals surface area (Å²) in [4.78, 5) is 116. The predicted molar refractivity (Wildman–Crippen MR) is 248 cm³/mol. The minimum absolute atomic E-state index is 0.0132. The molecule has 27 nitrogen and oxygen atoms in total. The minimum Gasteiger partial charge on any atom is -0.480 e. The molecule has 2 saturated heterocycles. The third-order valence-electron chi connectivity index (χ3n) is 11.1. The van der Waals surface area contributed by atoms with E-state index in [4.69, 9.17) is 40.1 Å². The molecule has 22 N–H and O–H groups in total. The van der Waals surface area contributed by atoms with Gasteiger partial charge in [0.2, 0.25) is 35.4 Å². The van der Waals surface area contributed by atoms with E-state index in [1.54, 1.807) is 0 Å². The molecule has 3 heterocycles. The summed E-state index contributed by atoms with van der Waals surface area (Å²) in [5.41, 5.74) is 39.3. The van der Waals surface area contributed by atoms with Crippen molar-refractivity contribution in [2.45, 2.75) is 132 Å². The van der Waals surface area contributed by atoms with Crippen molar-refractivity contribution in [3.8, 4) is 0 Å². The van der Waals surface area contributed by atoms with E-state index in [0.717, 1.165) is 6.42 Å². The molecule has 2 fully saturated rings. The molecule has 0 spiro atoms. The second-order valence-corrected chi connectivity index (χ2v) is 16.4. The van der Waals surface area contributed by atoms with Crippen molar-refractivity contribution >= 4 is 59.3 Å². The van der Waals surface area contributed by atoms with Crippen molar-refractivity contribution in [3.63, 3.8) is 0 Å². The maximum atomic E-state index is 14.4. The first kappa shape index (κ1) is 54.6. The number of amides is 6. The second kappa shape index (κ2) is 29.0. The monoisotopic (exact) mass is 946 g/mol. The first-order valence-corrected chi connectivity index (χ1v) is 22.6. The lowest BCUT2D eigenvalue weighted by molar-refractivity contribution is -0.145. The van der Waals surface area contributed by atoms with Crippen LogP contribution in [0.5, 0.6) is 0 Å². The number of nitrogens with two attached hydrogens (primary N) is 7. The van der Waals surface area contributed by atoms with Crippen molar-refractivity contribution < 1.29 is 38.7 Å². The number of nitrogens with zero attached hydrogens (tertiary/aromatic N) is 5. The molecule has 374 valence electrons.